The van der Waals surface area contributed by atoms with Crippen LogP contribution >= 0.6 is 0 Å². The first kappa shape index (κ1) is 24.1. The standard InChI is InChI=1S/C27H30N6O2/c1-3-16-33(17-4-2)27-31-24(19-25(32-27)35-18-13-20-9-5-6-14-28-20)26(34)30-23-12-7-11-22-21(23)10-8-15-29-22/h5-12,14-15,19H,3-4,13,16-18H2,1-2H3,(H,30,34). The van der Waals surface area contributed by atoms with Gasteiger partial charge in [-0.25, -0.2) is 4.98 Å². The highest BCUT2D eigenvalue weighted by atomic mass is 16.5. The minimum atomic E-state index is -0.326. The maximum Gasteiger partial charge on any atom is 0.274 e. The van der Waals surface area contributed by atoms with Crippen molar-refractivity contribution in [1.29, 1.82) is 0 Å². The molecule has 1 aromatic carbocycles. The summed E-state index contributed by atoms with van der Waals surface area (Å²) < 4.78 is 5.96. The lowest BCUT2D eigenvalue weighted by molar-refractivity contribution is 0.102. The van der Waals surface area contributed by atoms with E-state index in [2.05, 4.69) is 44.0 Å². The third-order valence-corrected chi connectivity index (χ3v) is 5.42. The summed E-state index contributed by atoms with van der Waals surface area (Å²) in [6, 6.07) is 16.8. The molecule has 8 heteroatoms. The van der Waals surface area contributed by atoms with Crippen molar-refractivity contribution in [3.8, 4) is 5.88 Å². The first-order valence-corrected chi connectivity index (χ1v) is 12.0. The maximum atomic E-state index is 13.3. The van der Waals surface area contributed by atoms with Gasteiger partial charge in [-0.05, 0) is 49.2 Å². The van der Waals surface area contributed by atoms with Gasteiger partial charge in [0.1, 0.15) is 5.69 Å². The molecule has 1 N–H and O–H groups in total. The third-order valence-electron chi connectivity index (χ3n) is 5.42. The SMILES string of the molecule is CCCN(CCC)c1nc(OCCc2ccccn2)cc(C(=O)Nc2cccc3ncccc23)n1. The Morgan fingerprint density at radius 2 is 1.77 bits per heavy atom. The van der Waals surface area contributed by atoms with Gasteiger partial charge in [0.25, 0.3) is 5.91 Å². The van der Waals surface area contributed by atoms with E-state index in [4.69, 9.17) is 4.74 Å². The Hall–Kier alpha value is -4.07. The number of anilines is 2. The zero-order valence-electron chi connectivity index (χ0n) is 20.1. The molecule has 0 aliphatic rings. The fourth-order valence-electron chi connectivity index (χ4n) is 3.80. The minimum Gasteiger partial charge on any atom is -0.477 e. The fourth-order valence-corrected chi connectivity index (χ4v) is 3.80. The lowest BCUT2D eigenvalue weighted by atomic mass is 10.2. The Bertz CT molecular complexity index is 1250. The van der Waals surface area contributed by atoms with Crippen LogP contribution in [0.15, 0.2) is 67.0 Å². The molecule has 35 heavy (non-hydrogen) atoms. The van der Waals surface area contributed by atoms with Crippen LogP contribution < -0.4 is 15.0 Å². The second kappa shape index (κ2) is 11.9. The van der Waals surface area contributed by atoms with Crippen molar-refractivity contribution in [3.63, 3.8) is 0 Å². The van der Waals surface area contributed by atoms with Crippen LogP contribution in [-0.2, 0) is 6.42 Å². The van der Waals surface area contributed by atoms with Crippen LogP contribution in [0.2, 0.25) is 0 Å². The largest absolute Gasteiger partial charge is 0.477 e. The molecule has 3 heterocycles. The lowest BCUT2D eigenvalue weighted by Crippen LogP contribution is -2.28. The number of pyridine rings is 2. The van der Waals surface area contributed by atoms with Gasteiger partial charge in [0.15, 0.2) is 0 Å². The normalized spacial score (nSPS) is 10.8. The number of carbonyl (C=O) groups is 1. The number of rotatable bonds is 11. The van der Waals surface area contributed by atoms with Crippen LogP contribution in [0.4, 0.5) is 11.6 Å². The molecule has 4 aromatic rings. The van der Waals surface area contributed by atoms with Gasteiger partial charge in [0.2, 0.25) is 11.8 Å². The van der Waals surface area contributed by atoms with Crippen molar-refractivity contribution in [2.24, 2.45) is 0 Å². The molecule has 0 saturated carbocycles. The predicted molar refractivity (Wildman–Crippen MR) is 138 cm³/mol. The minimum absolute atomic E-state index is 0.251. The van der Waals surface area contributed by atoms with E-state index in [0.29, 0.717) is 30.5 Å². The Labute approximate surface area is 205 Å². The average molecular weight is 471 g/mol. The Morgan fingerprint density at radius 1 is 0.943 bits per heavy atom. The van der Waals surface area contributed by atoms with Crippen molar-refractivity contribution in [2.45, 2.75) is 33.1 Å². The molecule has 3 aromatic heterocycles. The van der Waals surface area contributed by atoms with Crippen molar-refractivity contribution in [2.75, 3.05) is 29.9 Å². The van der Waals surface area contributed by atoms with E-state index in [1.54, 1.807) is 18.5 Å². The average Bonchev–Trinajstić information content (AvgIpc) is 2.89. The topological polar surface area (TPSA) is 93.1 Å². The molecule has 8 nitrogen and oxygen atoms in total. The molecule has 0 aliphatic heterocycles. The first-order valence-electron chi connectivity index (χ1n) is 12.0. The fraction of sp³-hybridized carbons (Fsp3) is 0.296. The predicted octanol–water partition coefficient (Wildman–Crippen LogP) is 4.92. The molecule has 0 fully saturated rings. The number of carbonyl (C=O) groups excluding carboxylic acids is 1. The maximum absolute atomic E-state index is 13.3. The van der Waals surface area contributed by atoms with Gasteiger partial charge >= 0.3 is 0 Å². The summed E-state index contributed by atoms with van der Waals surface area (Å²) in [4.78, 5) is 33.3. The van der Waals surface area contributed by atoms with Gasteiger partial charge in [0, 0.05) is 49.1 Å². The summed E-state index contributed by atoms with van der Waals surface area (Å²) in [6.07, 6.45) is 6.02. The van der Waals surface area contributed by atoms with Crippen LogP contribution in [0.3, 0.4) is 0 Å². The van der Waals surface area contributed by atoms with Crippen LogP contribution in [0, 0.1) is 0 Å². The van der Waals surface area contributed by atoms with Crippen LogP contribution in [0.1, 0.15) is 42.9 Å². The third kappa shape index (κ3) is 6.29. The highest BCUT2D eigenvalue weighted by molar-refractivity contribution is 6.07. The zero-order chi connectivity index (χ0) is 24.5. The summed E-state index contributed by atoms with van der Waals surface area (Å²) in [5, 5.41) is 3.85. The molecule has 0 atom stereocenters. The van der Waals surface area contributed by atoms with E-state index in [-0.39, 0.29) is 11.6 Å². The van der Waals surface area contributed by atoms with Crippen LogP contribution in [0.25, 0.3) is 10.9 Å². The number of hydrogen-bond donors (Lipinski definition) is 1. The molecular weight excluding hydrogens is 440 g/mol. The molecule has 0 bridgehead atoms. The number of amides is 1. The summed E-state index contributed by atoms with van der Waals surface area (Å²) in [5.41, 5.74) is 2.67. The molecule has 0 saturated heterocycles. The number of aromatic nitrogens is 4. The lowest BCUT2D eigenvalue weighted by Gasteiger charge is -2.22. The highest BCUT2D eigenvalue weighted by Gasteiger charge is 2.17. The quantitative estimate of drug-likeness (QED) is 0.332. The van der Waals surface area contributed by atoms with Crippen molar-refractivity contribution >= 4 is 28.4 Å². The van der Waals surface area contributed by atoms with E-state index in [1.165, 1.54) is 0 Å². The number of nitrogens with zero attached hydrogens (tertiary/aromatic N) is 5. The van der Waals surface area contributed by atoms with E-state index >= 15 is 0 Å². The first-order chi connectivity index (χ1) is 17.2. The summed E-state index contributed by atoms with van der Waals surface area (Å²) in [6.45, 7) is 6.20. The van der Waals surface area contributed by atoms with E-state index in [0.717, 1.165) is 42.5 Å². The van der Waals surface area contributed by atoms with Gasteiger partial charge in [0.05, 0.1) is 17.8 Å². The molecule has 0 unspecified atom stereocenters. The summed E-state index contributed by atoms with van der Waals surface area (Å²) in [5.74, 6) is 0.536. The van der Waals surface area contributed by atoms with E-state index < -0.39 is 0 Å². The molecule has 1 amide bonds. The van der Waals surface area contributed by atoms with Crippen molar-refractivity contribution in [3.05, 3.63) is 78.4 Å². The van der Waals surface area contributed by atoms with E-state index in [9.17, 15) is 4.79 Å². The molecule has 180 valence electrons. The molecule has 0 radical (unpaired) electrons. The Balaban J connectivity index is 1.60. The zero-order valence-corrected chi connectivity index (χ0v) is 20.1. The second-order valence-electron chi connectivity index (χ2n) is 8.13. The monoisotopic (exact) mass is 470 g/mol. The number of ether oxygens (including phenoxy) is 1. The molecule has 0 aliphatic carbocycles. The Kier molecular flexibility index (Phi) is 8.17. The van der Waals surface area contributed by atoms with Crippen molar-refractivity contribution in [1.82, 2.24) is 19.9 Å². The molecule has 4 rings (SSSR count). The summed E-state index contributed by atoms with van der Waals surface area (Å²) in [7, 11) is 0. The Morgan fingerprint density at radius 3 is 2.54 bits per heavy atom. The van der Waals surface area contributed by atoms with Gasteiger partial charge in [-0.15, -0.1) is 0 Å². The van der Waals surface area contributed by atoms with Gasteiger partial charge in [-0.2, -0.15) is 4.98 Å². The van der Waals surface area contributed by atoms with Gasteiger partial charge in [-0.1, -0.05) is 26.0 Å². The van der Waals surface area contributed by atoms with Gasteiger partial charge in [-0.3, -0.25) is 14.8 Å². The molecule has 0 spiro atoms. The van der Waals surface area contributed by atoms with Crippen LogP contribution in [-0.4, -0.2) is 45.5 Å². The number of hydrogen-bond acceptors (Lipinski definition) is 7. The van der Waals surface area contributed by atoms with Crippen molar-refractivity contribution < 1.29 is 9.53 Å². The van der Waals surface area contributed by atoms with Crippen LogP contribution in [0.5, 0.6) is 5.88 Å². The number of benzene rings is 1. The number of nitrogens with one attached hydrogen (secondary N) is 1. The van der Waals surface area contributed by atoms with E-state index in [1.807, 2.05) is 48.5 Å². The number of fused-ring (bicyclic) bond motifs is 1. The molecular formula is C27H30N6O2. The smallest absolute Gasteiger partial charge is 0.274 e. The highest BCUT2D eigenvalue weighted by Crippen LogP contribution is 2.23. The van der Waals surface area contributed by atoms with Gasteiger partial charge < -0.3 is 15.0 Å². The second-order valence-corrected chi connectivity index (χ2v) is 8.13. The summed E-state index contributed by atoms with van der Waals surface area (Å²) >= 11 is 0.